The standard InChI is InChI=1S/C5H13NO4S.C3H8O3/c1-6(2,3)4-5-10-11(7,8)9;4-1-3(6)2-5/h4-5H2,1-3H3;3-6H,1-2H2/p+1. The second-order valence-electron chi connectivity index (χ2n) is 4.28. The first-order valence-corrected chi connectivity index (χ1v) is 6.20. The molecule has 0 aromatic carbocycles. The fraction of sp³-hybridized carbons (Fsp3) is 1.00. The Morgan fingerprint density at radius 3 is 1.76 bits per heavy atom. The fourth-order valence-corrected chi connectivity index (χ4v) is 0.759. The molecule has 0 spiro atoms. The molecule has 0 saturated heterocycles. The van der Waals surface area contributed by atoms with E-state index in [1.54, 1.807) is 0 Å². The van der Waals surface area contributed by atoms with Crippen molar-refractivity contribution < 1.29 is 37.0 Å². The highest BCUT2D eigenvalue weighted by molar-refractivity contribution is 7.80. The Balaban J connectivity index is 0. The van der Waals surface area contributed by atoms with Crippen LogP contribution in [0.15, 0.2) is 0 Å². The predicted octanol–water partition coefficient (Wildman–Crippen LogP) is -2.16. The maximum atomic E-state index is 10.0. The van der Waals surface area contributed by atoms with Crippen molar-refractivity contribution in [2.75, 3.05) is 47.5 Å². The van der Waals surface area contributed by atoms with Crippen LogP contribution in [0.2, 0.25) is 0 Å². The van der Waals surface area contributed by atoms with Crippen molar-refractivity contribution in [1.82, 2.24) is 0 Å². The molecule has 0 radical (unpaired) electrons. The summed E-state index contributed by atoms with van der Waals surface area (Å²) in [5.41, 5.74) is 0. The maximum absolute atomic E-state index is 10.0. The van der Waals surface area contributed by atoms with Crippen LogP contribution in [0, 0.1) is 0 Å². The molecule has 0 aromatic heterocycles. The summed E-state index contributed by atoms with van der Waals surface area (Å²) in [7, 11) is 1.43. The largest absolute Gasteiger partial charge is 0.397 e. The summed E-state index contributed by atoms with van der Waals surface area (Å²) < 4.78 is 33.0. The monoisotopic (exact) mass is 276 g/mol. The SMILES string of the molecule is C[N+](C)(C)CCOS(=O)(=O)O.OCC(O)CO. The second kappa shape index (κ2) is 8.75. The Hall–Kier alpha value is -0.290. The number of hydrogen-bond acceptors (Lipinski definition) is 6. The minimum absolute atomic E-state index is 0.00231. The molecule has 9 heteroatoms. The Labute approximate surface area is 102 Å². The van der Waals surface area contributed by atoms with E-state index in [2.05, 4.69) is 4.18 Å². The third-order valence-corrected chi connectivity index (χ3v) is 1.88. The van der Waals surface area contributed by atoms with Crippen LogP contribution in [-0.4, -0.2) is 86.4 Å². The molecule has 17 heavy (non-hydrogen) atoms. The van der Waals surface area contributed by atoms with Crippen molar-refractivity contribution in [1.29, 1.82) is 0 Å². The topological polar surface area (TPSA) is 124 Å². The van der Waals surface area contributed by atoms with Gasteiger partial charge in [0.2, 0.25) is 0 Å². The van der Waals surface area contributed by atoms with Gasteiger partial charge >= 0.3 is 10.4 Å². The van der Waals surface area contributed by atoms with E-state index in [1.807, 2.05) is 21.1 Å². The Bertz CT molecular complexity index is 268. The molecule has 4 N–H and O–H groups in total. The van der Waals surface area contributed by atoms with Gasteiger partial charge in [-0.3, -0.25) is 4.55 Å². The van der Waals surface area contributed by atoms with Crippen molar-refractivity contribution in [2.45, 2.75) is 6.10 Å². The first-order chi connectivity index (χ1) is 7.52. The summed E-state index contributed by atoms with van der Waals surface area (Å²) in [4.78, 5) is 0. The van der Waals surface area contributed by atoms with Crippen molar-refractivity contribution in [3.63, 3.8) is 0 Å². The molecule has 0 fully saturated rings. The molecular weight excluding hydrogens is 254 g/mol. The van der Waals surface area contributed by atoms with Gasteiger partial charge in [0, 0.05) is 0 Å². The summed E-state index contributed by atoms with van der Waals surface area (Å²) in [6, 6.07) is 0. The Kier molecular flexibility index (Phi) is 9.81. The molecular formula is C8H22NO7S+. The zero-order valence-electron chi connectivity index (χ0n) is 10.3. The third-order valence-electron chi connectivity index (χ3n) is 1.42. The van der Waals surface area contributed by atoms with E-state index < -0.39 is 16.5 Å². The van der Waals surface area contributed by atoms with Gasteiger partial charge in [0.1, 0.15) is 19.3 Å². The highest BCUT2D eigenvalue weighted by atomic mass is 32.3. The van der Waals surface area contributed by atoms with Crippen LogP contribution in [0.5, 0.6) is 0 Å². The average Bonchev–Trinajstić information content (AvgIpc) is 2.13. The Morgan fingerprint density at radius 1 is 1.18 bits per heavy atom. The minimum Gasteiger partial charge on any atom is -0.394 e. The number of nitrogens with zero attached hydrogens (tertiary/aromatic N) is 1. The summed E-state index contributed by atoms with van der Waals surface area (Å²) in [5.74, 6) is 0. The van der Waals surface area contributed by atoms with Crippen LogP contribution in [0.1, 0.15) is 0 Å². The van der Waals surface area contributed by atoms with Gasteiger partial charge in [-0.2, -0.15) is 8.42 Å². The normalized spacial score (nSPS) is 12.2. The lowest BCUT2D eigenvalue weighted by Gasteiger charge is -2.22. The van der Waals surface area contributed by atoms with Crippen molar-refractivity contribution in [3.8, 4) is 0 Å². The zero-order valence-corrected chi connectivity index (χ0v) is 11.1. The molecule has 0 rings (SSSR count). The van der Waals surface area contributed by atoms with E-state index in [0.29, 0.717) is 11.0 Å². The van der Waals surface area contributed by atoms with E-state index in [0.717, 1.165) is 0 Å². The van der Waals surface area contributed by atoms with Gasteiger partial charge in [0.25, 0.3) is 0 Å². The van der Waals surface area contributed by atoms with Crippen LogP contribution in [-0.2, 0) is 14.6 Å². The zero-order chi connectivity index (χ0) is 14.1. The molecule has 106 valence electrons. The van der Waals surface area contributed by atoms with Gasteiger partial charge in [-0.25, -0.2) is 4.18 Å². The quantitative estimate of drug-likeness (QED) is 0.322. The molecule has 0 aliphatic rings. The van der Waals surface area contributed by atoms with E-state index in [1.165, 1.54) is 0 Å². The first kappa shape index (κ1) is 19.1. The lowest BCUT2D eigenvalue weighted by atomic mass is 10.4. The van der Waals surface area contributed by atoms with Gasteiger partial charge in [-0.1, -0.05) is 0 Å². The number of rotatable bonds is 6. The molecule has 0 atom stereocenters. The highest BCUT2D eigenvalue weighted by Gasteiger charge is 2.10. The summed E-state index contributed by atoms with van der Waals surface area (Å²) in [6.45, 7) is -0.199. The van der Waals surface area contributed by atoms with Crippen molar-refractivity contribution >= 4 is 10.4 Å². The van der Waals surface area contributed by atoms with Gasteiger partial charge in [-0.05, 0) is 0 Å². The molecule has 0 bridgehead atoms. The molecule has 0 amide bonds. The maximum Gasteiger partial charge on any atom is 0.397 e. The molecule has 8 nitrogen and oxygen atoms in total. The smallest absolute Gasteiger partial charge is 0.394 e. The van der Waals surface area contributed by atoms with Gasteiger partial charge in [-0.15, -0.1) is 0 Å². The molecule has 0 heterocycles. The van der Waals surface area contributed by atoms with Gasteiger partial charge < -0.3 is 19.8 Å². The van der Waals surface area contributed by atoms with E-state index in [-0.39, 0.29) is 19.8 Å². The second-order valence-corrected chi connectivity index (χ2v) is 5.37. The summed E-state index contributed by atoms with van der Waals surface area (Å²) in [6.07, 6.45) is -0.954. The first-order valence-electron chi connectivity index (χ1n) is 4.84. The lowest BCUT2D eigenvalue weighted by molar-refractivity contribution is -0.870. The van der Waals surface area contributed by atoms with Crippen LogP contribution in [0.4, 0.5) is 0 Å². The fourth-order valence-electron chi connectivity index (χ4n) is 0.474. The van der Waals surface area contributed by atoms with Gasteiger partial charge in [0.05, 0.1) is 34.4 Å². The number of hydrogen-bond donors (Lipinski definition) is 4. The number of likely N-dealkylation sites (N-methyl/N-ethyl adjacent to an activating group) is 1. The number of quaternary nitrogens is 1. The van der Waals surface area contributed by atoms with E-state index in [9.17, 15) is 8.42 Å². The van der Waals surface area contributed by atoms with Crippen LogP contribution < -0.4 is 0 Å². The van der Waals surface area contributed by atoms with Crippen LogP contribution in [0.25, 0.3) is 0 Å². The molecule has 0 aliphatic carbocycles. The summed E-state index contributed by atoms with van der Waals surface area (Å²) >= 11 is 0. The van der Waals surface area contributed by atoms with Crippen molar-refractivity contribution in [3.05, 3.63) is 0 Å². The van der Waals surface area contributed by atoms with Gasteiger partial charge in [0.15, 0.2) is 0 Å². The lowest BCUT2D eigenvalue weighted by Crippen LogP contribution is -2.37. The van der Waals surface area contributed by atoms with Crippen LogP contribution >= 0.6 is 0 Å². The van der Waals surface area contributed by atoms with Crippen molar-refractivity contribution in [2.24, 2.45) is 0 Å². The molecule has 0 unspecified atom stereocenters. The van der Waals surface area contributed by atoms with Crippen LogP contribution in [0.3, 0.4) is 0 Å². The number of aliphatic hydroxyl groups is 3. The summed E-state index contributed by atoms with van der Waals surface area (Å²) in [5, 5.41) is 24.0. The van der Waals surface area contributed by atoms with E-state index in [4.69, 9.17) is 19.9 Å². The minimum atomic E-state index is -4.26. The number of aliphatic hydroxyl groups excluding tert-OH is 3. The predicted molar refractivity (Wildman–Crippen MR) is 60.6 cm³/mol. The molecule has 0 aromatic rings. The third kappa shape index (κ3) is 21.5. The average molecular weight is 276 g/mol. The molecule has 0 saturated carbocycles. The Morgan fingerprint density at radius 2 is 1.59 bits per heavy atom. The van der Waals surface area contributed by atoms with E-state index >= 15 is 0 Å². The highest BCUT2D eigenvalue weighted by Crippen LogP contribution is 1.92. The molecule has 0 aliphatic heterocycles.